The van der Waals surface area contributed by atoms with Crippen molar-refractivity contribution in [1.29, 1.82) is 0 Å². The number of nitrogens with two attached hydrogens (primary N) is 1. The standard InChI is InChI=1S/C22H23FN10OS/c1-29-17-19(27-21(24)33-20(17)26-18(28-33)16-6-7-25-35-16)32(22(29)34)13-10-30-8-11-31(12-9-30)15-4-2-14(23)3-5-15/h2-7H,8-13H2,1H3,(H2,24,27). The molecule has 0 saturated carbocycles. The van der Waals surface area contributed by atoms with Crippen molar-refractivity contribution < 1.29 is 4.39 Å². The van der Waals surface area contributed by atoms with Crippen LogP contribution in [0.25, 0.3) is 27.5 Å². The number of halogens is 1. The van der Waals surface area contributed by atoms with Crippen molar-refractivity contribution in [2.24, 2.45) is 7.05 Å². The average molecular weight is 495 g/mol. The van der Waals surface area contributed by atoms with E-state index >= 15 is 0 Å². The summed E-state index contributed by atoms with van der Waals surface area (Å²) in [6.45, 7) is 4.54. The first-order valence-corrected chi connectivity index (χ1v) is 12.0. The minimum absolute atomic E-state index is 0.169. The lowest BCUT2D eigenvalue weighted by atomic mass is 10.2. The molecular weight excluding hydrogens is 471 g/mol. The lowest BCUT2D eigenvalue weighted by Crippen LogP contribution is -2.47. The highest BCUT2D eigenvalue weighted by Gasteiger charge is 2.22. The first-order valence-electron chi connectivity index (χ1n) is 11.2. The maximum absolute atomic E-state index is 13.2. The lowest BCUT2D eigenvalue weighted by molar-refractivity contribution is 0.248. The normalized spacial score (nSPS) is 15.0. The second-order valence-electron chi connectivity index (χ2n) is 8.49. The summed E-state index contributed by atoms with van der Waals surface area (Å²) in [7, 11) is 1.71. The number of nitrogens with zero attached hydrogens (tertiary/aromatic N) is 9. The van der Waals surface area contributed by atoms with E-state index in [1.165, 1.54) is 28.2 Å². The largest absolute Gasteiger partial charge is 0.369 e. The Labute approximate surface area is 203 Å². The molecule has 35 heavy (non-hydrogen) atoms. The van der Waals surface area contributed by atoms with Crippen LogP contribution in [0.5, 0.6) is 0 Å². The predicted molar refractivity (Wildman–Crippen MR) is 132 cm³/mol. The van der Waals surface area contributed by atoms with E-state index in [9.17, 15) is 9.18 Å². The third kappa shape index (κ3) is 3.72. The fourth-order valence-electron chi connectivity index (χ4n) is 4.55. The highest BCUT2D eigenvalue weighted by molar-refractivity contribution is 7.09. The summed E-state index contributed by atoms with van der Waals surface area (Å²) in [5, 5.41) is 4.47. The van der Waals surface area contributed by atoms with Gasteiger partial charge in [0, 0.05) is 58.2 Å². The summed E-state index contributed by atoms with van der Waals surface area (Å²) in [5.41, 5.74) is 8.63. The van der Waals surface area contributed by atoms with E-state index in [0.29, 0.717) is 35.7 Å². The number of hydrogen-bond donors (Lipinski definition) is 1. The smallest absolute Gasteiger partial charge is 0.330 e. The first kappa shape index (κ1) is 21.7. The summed E-state index contributed by atoms with van der Waals surface area (Å²) in [6.07, 6.45) is 1.69. The van der Waals surface area contributed by atoms with E-state index < -0.39 is 0 Å². The Kier molecular flexibility index (Phi) is 5.22. The van der Waals surface area contributed by atoms with Gasteiger partial charge in [0.25, 0.3) is 0 Å². The molecule has 0 amide bonds. The van der Waals surface area contributed by atoms with E-state index in [1.54, 1.807) is 22.4 Å². The van der Waals surface area contributed by atoms with Gasteiger partial charge in [-0.3, -0.25) is 14.0 Å². The van der Waals surface area contributed by atoms with Crippen LogP contribution in [-0.2, 0) is 13.6 Å². The Morgan fingerprint density at radius 3 is 2.51 bits per heavy atom. The number of nitrogen functional groups attached to an aromatic ring is 1. The molecule has 1 aliphatic rings. The molecule has 11 nitrogen and oxygen atoms in total. The summed E-state index contributed by atoms with van der Waals surface area (Å²) in [6, 6.07) is 8.42. The molecular formula is C22H23FN10OS. The summed E-state index contributed by atoms with van der Waals surface area (Å²) in [5.74, 6) is 0.432. The van der Waals surface area contributed by atoms with Gasteiger partial charge in [-0.2, -0.15) is 9.50 Å². The minimum Gasteiger partial charge on any atom is -0.369 e. The molecule has 1 aromatic carbocycles. The molecule has 6 rings (SSSR count). The number of aromatic nitrogens is 7. The lowest BCUT2D eigenvalue weighted by Gasteiger charge is -2.36. The van der Waals surface area contributed by atoms with Crippen molar-refractivity contribution in [2.75, 3.05) is 43.4 Å². The number of piperazine rings is 1. The molecule has 13 heteroatoms. The topological polar surface area (TPSA) is 115 Å². The molecule has 0 unspecified atom stereocenters. The molecule has 0 spiro atoms. The van der Waals surface area contributed by atoms with Gasteiger partial charge in [-0.15, -0.1) is 5.10 Å². The van der Waals surface area contributed by atoms with Crippen molar-refractivity contribution in [3.8, 4) is 10.7 Å². The van der Waals surface area contributed by atoms with Gasteiger partial charge in [0.1, 0.15) is 11.3 Å². The third-order valence-electron chi connectivity index (χ3n) is 6.44. The van der Waals surface area contributed by atoms with Crippen LogP contribution in [0.4, 0.5) is 16.0 Å². The number of anilines is 2. The Balaban J connectivity index is 1.24. The Morgan fingerprint density at radius 1 is 1.03 bits per heavy atom. The van der Waals surface area contributed by atoms with E-state index in [0.717, 1.165) is 36.7 Å². The van der Waals surface area contributed by atoms with Crippen molar-refractivity contribution >= 4 is 40.0 Å². The van der Waals surface area contributed by atoms with Gasteiger partial charge >= 0.3 is 5.69 Å². The monoisotopic (exact) mass is 494 g/mol. The second-order valence-corrected chi connectivity index (χ2v) is 9.32. The molecule has 5 heterocycles. The van der Waals surface area contributed by atoms with Gasteiger partial charge in [-0.05, 0) is 41.9 Å². The van der Waals surface area contributed by atoms with E-state index in [2.05, 4.69) is 29.2 Å². The predicted octanol–water partition coefficient (Wildman–Crippen LogP) is 1.44. The molecule has 0 aliphatic carbocycles. The number of aryl methyl sites for hydroxylation is 1. The minimum atomic E-state index is -0.231. The van der Waals surface area contributed by atoms with Gasteiger partial charge in [-0.1, -0.05) is 0 Å². The van der Waals surface area contributed by atoms with Crippen LogP contribution in [-0.4, -0.2) is 70.7 Å². The van der Waals surface area contributed by atoms with Crippen LogP contribution in [0, 0.1) is 5.82 Å². The number of imidazole rings is 1. The summed E-state index contributed by atoms with van der Waals surface area (Å²) in [4.78, 5) is 27.7. The highest BCUT2D eigenvalue weighted by atomic mass is 32.1. The van der Waals surface area contributed by atoms with Crippen LogP contribution >= 0.6 is 11.5 Å². The number of hydrogen-bond acceptors (Lipinski definition) is 9. The van der Waals surface area contributed by atoms with Crippen molar-refractivity contribution in [2.45, 2.75) is 6.54 Å². The maximum atomic E-state index is 13.2. The first-order chi connectivity index (χ1) is 17.0. The van der Waals surface area contributed by atoms with E-state index in [4.69, 9.17) is 5.73 Å². The number of benzene rings is 1. The van der Waals surface area contributed by atoms with Crippen molar-refractivity contribution in [3.63, 3.8) is 0 Å². The van der Waals surface area contributed by atoms with Crippen molar-refractivity contribution in [1.82, 2.24) is 38.0 Å². The molecule has 1 aliphatic heterocycles. The zero-order valence-corrected chi connectivity index (χ0v) is 19.8. The third-order valence-corrected chi connectivity index (χ3v) is 7.18. The zero-order chi connectivity index (χ0) is 24.1. The Hall–Kier alpha value is -3.84. The average Bonchev–Trinajstić information content (AvgIpc) is 3.59. The van der Waals surface area contributed by atoms with Crippen LogP contribution in [0.15, 0.2) is 41.3 Å². The van der Waals surface area contributed by atoms with Crippen LogP contribution in [0.3, 0.4) is 0 Å². The van der Waals surface area contributed by atoms with Gasteiger partial charge in [0.05, 0.1) is 4.88 Å². The molecule has 1 saturated heterocycles. The SMILES string of the molecule is Cn1c(=O)n(CCN2CCN(c3ccc(F)cc3)CC2)c2nc(N)n3nc(-c4ccns4)nc3c21. The number of rotatable bonds is 5. The van der Waals surface area contributed by atoms with Gasteiger partial charge < -0.3 is 10.6 Å². The van der Waals surface area contributed by atoms with Crippen molar-refractivity contribution in [3.05, 3.63) is 52.8 Å². The van der Waals surface area contributed by atoms with Crippen LogP contribution in [0.1, 0.15) is 0 Å². The Bertz CT molecular complexity index is 1560. The quantitative estimate of drug-likeness (QED) is 0.390. The van der Waals surface area contributed by atoms with Crippen LogP contribution in [0.2, 0.25) is 0 Å². The summed E-state index contributed by atoms with van der Waals surface area (Å²) >= 11 is 1.29. The van der Waals surface area contributed by atoms with Gasteiger partial charge in [0.15, 0.2) is 17.1 Å². The second kappa shape index (κ2) is 8.43. The molecule has 1 fully saturated rings. The Morgan fingerprint density at radius 2 is 1.80 bits per heavy atom. The fourth-order valence-corrected chi connectivity index (χ4v) is 5.07. The highest BCUT2D eigenvalue weighted by Crippen LogP contribution is 2.24. The number of fused-ring (bicyclic) bond motifs is 3. The van der Waals surface area contributed by atoms with E-state index in [1.807, 2.05) is 18.2 Å². The zero-order valence-electron chi connectivity index (χ0n) is 19.0. The fraction of sp³-hybridized carbons (Fsp3) is 0.318. The van der Waals surface area contributed by atoms with Gasteiger partial charge in [0.2, 0.25) is 5.95 Å². The van der Waals surface area contributed by atoms with Gasteiger partial charge in [-0.25, -0.2) is 18.5 Å². The molecule has 0 radical (unpaired) electrons. The molecule has 0 atom stereocenters. The molecule has 4 aromatic heterocycles. The molecule has 0 bridgehead atoms. The molecule has 180 valence electrons. The maximum Gasteiger partial charge on any atom is 0.330 e. The van der Waals surface area contributed by atoms with E-state index in [-0.39, 0.29) is 17.5 Å². The molecule has 5 aromatic rings. The summed E-state index contributed by atoms with van der Waals surface area (Å²) < 4.78 is 22.0. The van der Waals surface area contributed by atoms with Crippen LogP contribution < -0.4 is 16.3 Å². The molecule has 2 N–H and O–H groups in total.